The van der Waals surface area contributed by atoms with Crippen LogP contribution in [0.4, 0.5) is 0 Å². The van der Waals surface area contributed by atoms with Gasteiger partial charge in [0, 0.05) is 150 Å². The van der Waals surface area contributed by atoms with Gasteiger partial charge in [-0.05, 0) is 165 Å². The number of fused-ring (bicyclic) bond motifs is 2. The van der Waals surface area contributed by atoms with E-state index in [2.05, 4.69) is 83.1 Å². The molecule has 2 aliphatic heterocycles. The van der Waals surface area contributed by atoms with Crippen molar-refractivity contribution in [3.63, 3.8) is 0 Å². The monoisotopic (exact) mass is 1820 g/mol. The van der Waals surface area contributed by atoms with Crippen LogP contribution in [0.25, 0.3) is 43.1 Å². The lowest BCUT2D eigenvalue weighted by Crippen LogP contribution is -2.58. The average Bonchev–Trinajstić information content (AvgIpc) is 0.668. The van der Waals surface area contributed by atoms with Crippen molar-refractivity contribution in [2.24, 2.45) is 11.8 Å². The molecular formula is C108H128N4O18Si2. The molecule has 4 aliphatic rings. The Kier molecular flexibility index (Phi) is 28.4. The topological polar surface area (TPSA) is 226 Å². The molecule has 24 heteroatoms. The van der Waals surface area contributed by atoms with Crippen LogP contribution in [0, 0.1) is 11.8 Å². The van der Waals surface area contributed by atoms with Gasteiger partial charge in [0.2, 0.25) is 11.8 Å². The molecule has 0 radical (unpaired) electrons. The van der Waals surface area contributed by atoms with Gasteiger partial charge in [-0.2, -0.15) is 0 Å². The molecule has 0 aromatic heterocycles. The standard InChI is InChI=1S/C108H128N4O18Si2/c1-105(2,3)71-37-45-77(46-38-71)127-87-61-81-91-82(100(114)111(99(81)113)85(59-67-29-23-21-24-30-67)103(117)109(53-55-119-13)75-35-27-33-69(57-75)65-131(121-15,122-16)123-17)63-89(129-79-49-41-73(42-50-79)107(7,8)9)95-96-90(130-80-51-43-74(44-52-80)108(10,11)12)64-84-92-83(62-88(94(98(92)96)93(87)97(91)95)128-78-47-39-72(40-48-78)106(4,5)6)101(115)112(102(84)116)86(60-68-31-25-22-26-32-68)104(118)110(54-56-120-14)76-36-28-34-70(58-76)66-132(124-18,125-19)126-20/h21-26,29-32,37-52,61-64,69-70,75-76,85-86H,27-28,33-36,53-60,65-66H2,1-20H3. The van der Waals surface area contributed by atoms with Crippen LogP contribution in [0.3, 0.4) is 0 Å². The molecule has 6 amide bonds. The first kappa shape index (κ1) is 95.9. The molecule has 0 bridgehead atoms. The van der Waals surface area contributed by atoms with E-state index in [1.54, 1.807) is 81.1 Å². The number of amides is 6. The summed E-state index contributed by atoms with van der Waals surface area (Å²) in [6, 6.07) is 53.8. The van der Waals surface area contributed by atoms with Crippen LogP contribution in [0.5, 0.6) is 46.0 Å². The van der Waals surface area contributed by atoms with Crippen molar-refractivity contribution >= 4 is 96.1 Å². The fourth-order valence-corrected chi connectivity index (χ4v) is 24.3. The van der Waals surface area contributed by atoms with Crippen LogP contribution < -0.4 is 18.9 Å². The second-order valence-corrected chi connectivity index (χ2v) is 46.0. The summed E-state index contributed by atoms with van der Waals surface area (Å²) in [5.41, 5.74) is 4.29. The van der Waals surface area contributed by atoms with Crippen molar-refractivity contribution in [3.8, 4) is 46.0 Å². The molecule has 15 rings (SSSR count). The van der Waals surface area contributed by atoms with Gasteiger partial charge in [-0.25, -0.2) is 0 Å². The zero-order chi connectivity index (χ0) is 94.3. The summed E-state index contributed by atoms with van der Waals surface area (Å²) < 4.78 is 78.1. The zero-order valence-electron chi connectivity index (χ0n) is 80.2. The molecule has 11 aromatic rings. The lowest BCUT2D eigenvalue weighted by molar-refractivity contribution is -0.140. The maximum Gasteiger partial charge on any atom is 0.500 e. The van der Waals surface area contributed by atoms with Gasteiger partial charge in [0.1, 0.15) is 58.1 Å². The van der Waals surface area contributed by atoms with Crippen LogP contribution >= 0.6 is 0 Å². The van der Waals surface area contributed by atoms with Gasteiger partial charge >= 0.3 is 17.6 Å². The number of imide groups is 2. The first-order valence-electron chi connectivity index (χ1n) is 46.2. The van der Waals surface area contributed by atoms with E-state index in [0.29, 0.717) is 104 Å². The van der Waals surface area contributed by atoms with E-state index in [1.165, 1.54) is 0 Å². The highest BCUT2D eigenvalue weighted by molar-refractivity contribution is 6.61. The molecule has 11 aromatic carbocycles. The Morgan fingerprint density at radius 1 is 0.348 bits per heavy atom. The number of carbonyl (C=O) groups excluding carboxylic acids is 6. The summed E-state index contributed by atoms with van der Waals surface area (Å²) in [6.45, 7) is 26.1. The molecule has 6 atom stereocenters. The summed E-state index contributed by atoms with van der Waals surface area (Å²) in [6.07, 6.45) is 5.38. The van der Waals surface area contributed by atoms with E-state index < -0.39 is 65.1 Å². The predicted molar refractivity (Wildman–Crippen MR) is 519 cm³/mol. The molecule has 132 heavy (non-hydrogen) atoms. The number of hydrogen-bond donors (Lipinski definition) is 0. The summed E-state index contributed by atoms with van der Waals surface area (Å²) in [5, 5.41) is 2.14. The van der Waals surface area contributed by atoms with E-state index in [-0.39, 0.29) is 141 Å². The number of nitrogens with zero attached hydrogens (tertiary/aromatic N) is 4. The van der Waals surface area contributed by atoms with Crippen molar-refractivity contribution < 1.29 is 83.7 Å². The number of rotatable bonds is 34. The second-order valence-electron chi connectivity index (χ2n) is 40.0. The summed E-state index contributed by atoms with van der Waals surface area (Å²) in [4.78, 5) is 109. The Balaban J connectivity index is 1.06. The van der Waals surface area contributed by atoms with Gasteiger partial charge in [0.25, 0.3) is 23.6 Å². The third-order valence-corrected chi connectivity index (χ3v) is 33.4. The molecule has 0 saturated heterocycles. The lowest BCUT2D eigenvalue weighted by Gasteiger charge is -2.42. The summed E-state index contributed by atoms with van der Waals surface area (Å²) in [7, 11) is 6.52. The summed E-state index contributed by atoms with van der Waals surface area (Å²) >= 11 is 0. The Hall–Kier alpha value is -10.7. The molecule has 2 heterocycles. The number of carbonyl (C=O) groups is 6. The third-order valence-electron chi connectivity index (χ3n) is 27.5. The van der Waals surface area contributed by atoms with E-state index in [1.807, 2.05) is 168 Å². The maximum absolute atomic E-state index is 17.4. The number of hydrogen-bond acceptors (Lipinski definition) is 18. The maximum atomic E-state index is 17.4. The minimum atomic E-state index is -3.13. The fraction of sp³-hybridized carbons (Fsp3) is 0.426. The lowest BCUT2D eigenvalue weighted by atomic mass is 9.80. The van der Waals surface area contributed by atoms with E-state index in [0.717, 1.165) is 57.7 Å². The van der Waals surface area contributed by atoms with Crippen LogP contribution in [0.1, 0.15) is 209 Å². The van der Waals surface area contributed by atoms with Crippen molar-refractivity contribution in [2.45, 2.75) is 205 Å². The number of methoxy groups -OCH3 is 2. The Morgan fingerprint density at radius 3 is 0.841 bits per heavy atom. The van der Waals surface area contributed by atoms with Crippen LogP contribution in [0.15, 0.2) is 182 Å². The van der Waals surface area contributed by atoms with Gasteiger partial charge in [-0.15, -0.1) is 0 Å². The van der Waals surface area contributed by atoms with Crippen LogP contribution in [-0.2, 0) is 80.1 Å². The normalized spacial score (nSPS) is 17.5. The Labute approximate surface area is 778 Å². The van der Waals surface area contributed by atoms with Crippen LogP contribution in [-0.4, -0.2) is 180 Å². The molecule has 696 valence electrons. The Morgan fingerprint density at radius 2 is 0.606 bits per heavy atom. The van der Waals surface area contributed by atoms with Gasteiger partial charge in [0.05, 0.1) is 35.5 Å². The molecule has 2 aliphatic carbocycles. The van der Waals surface area contributed by atoms with Gasteiger partial charge in [-0.3, -0.25) is 38.6 Å². The second kappa shape index (κ2) is 39.1. The van der Waals surface area contributed by atoms with E-state index >= 15 is 28.8 Å². The average molecular weight is 1830 g/mol. The molecular weight excluding hydrogens is 1700 g/mol. The highest BCUT2D eigenvalue weighted by Gasteiger charge is 2.51. The van der Waals surface area contributed by atoms with Crippen LogP contribution in [0.2, 0.25) is 12.1 Å². The molecule has 0 N–H and O–H groups in total. The molecule has 0 spiro atoms. The molecule has 2 saturated carbocycles. The van der Waals surface area contributed by atoms with Gasteiger partial charge in [-0.1, -0.05) is 218 Å². The van der Waals surface area contributed by atoms with Crippen molar-refractivity contribution in [1.29, 1.82) is 0 Å². The molecule has 2 fully saturated rings. The van der Waals surface area contributed by atoms with Crippen molar-refractivity contribution in [1.82, 2.24) is 19.6 Å². The third kappa shape index (κ3) is 19.4. The van der Waals surface area contributed by atoms with Crippen molar-refractivity contribution in [3.05, 3.63) is 238 Å². The highest BCUT2D eigenvalue weighted by atomic mass is 28.4. The minimum Gasteiger partial charge on any atom is -0.457 e. The minimum absolute atomic E-state index is 0.0156. The van der Waals surface area contributed by atoms with Crippen molar-refractivity contribution in [2.75, 3.05) is 83.2 Å². The highest BCUT2D eigenvalue weighted by Crippen LogP contribution is 2.59. The first-order chi connectivity index (χ1) is 63.0. The Bertz CT molecular complexity index is 5410. The largest absolute Gasteiger partial charge is 0.500 e. The quantitative estimate of drug-likeness (QED) is 0.0158. The van der Waals surface area contributed by atoms with Gasteiger partial charge in [0.15, 0.2) is 0 Å². The van der Waals surface area contributed by atoms with E-state index in [4.69, 9.17) is 55.0 Å². The smallest absolute Gasteiger partial charge is 0.457 e. The zero-order valence-corrected chi connectivity index (χ0v) is 82.2. The molecule has 6 unspecified atom stereocenters. The summed E-state index contributed by atoms with van der Waals surface area (Å²) in [5.74, 6) is -2.19. The molecule has 22 nitrogen and oxygen atoms in total. The predicted octanol–water partition coefficient (Wildman–Crippen LogP) is 22.3. The van der Waals surface area contributed by atoms with Gasteiger partial charge < -0.3 is 64.8 Å². The SMILES string of the molecule is COCCN(C(=O)C(Cc1ccccc1)N1C(=O)c2cc(Oc3ccc(C(C)(C)C)cc3)c3c4c(Oc5ccc(C(C)(C)C)cc5)cc5c6c(cc(Oc7ccc(C(C)(C)C)cc7)c(c7c(Oc8ccc(C(C)(C)C)cc8)cc(c2c37)C1=O)c64)C(=O)N(C(Cc1ccccc1)C(=O)N(CCOC)C1CCCC(C[Si](OC)(OC)OC)C1)C5=O)C1CCCC(C[Si](OC)(OC)OC)C1. The van der Waals surface area contributed by atoms with E-state index in [9.17, 15) is 0 Å². The fourth-order valence-electron chi connectivity index (χ4n) is 20.2. The number of ether oxygens (including phenoxy) is 6. The first-order valence-corrected chi connectivity index (χ1v) is 50.1. The number of benzene rings is 11.